The van der Waals surface area contributed by atoms with Crippen molar-refractivity contribution in [3.63, 3.8) is 0 Å². The average molecular weight is 624 g/mol. The van der Waals surface area contributed by atoms with E-state index in [-0.39, 0.29) is 38.2 Å². The van der Waals surface area contributed by atoms with E-state index in [1.54, 1.807) is 16.7 Å². The Morgan fingerprint density at radius 3 is 2.41 bits per heavy atom. The fourth-order valence-corrected chi connectivity index (χ4v) is 12.4. The van der Waals surface area contributed by atoms with E-state index in [0.717, 1.165) is 18.9 Å². The summed E-state index contributed by atoms with van der Waals surface area (Å²) in [5.41, 5.74) is 5.41. The smallest absolute Gasteiger partial charge is 0.112 e. The lowest BCUT2D eigenvalue weighted by molar-refractivity contribution is -0.174. The van der Waals surface area contributed by atoms with Gasteiger partial charge in [0.1, 0.15) is 5.60 Å². The quantitative estimate of drug-likeness (QED) is 0.215. The van der Waals surface area contributed by atoms with Gasteiger partial charge in [0.15, 0.2) is 0 Å². The standard InChI is InChI=1S/C40H65NO2S/c1-25(2)28(6)40-18-17-36(8)31-13-14-33(38(10,44)32(31)15-16-39(36,23-40)19-20-43-40)35(7)22-29-21-30(27(29)5)34(35)42-24-37(9,26(3)4)41(11)12/h15,19-20,25-26,28-29,31,33-34,44H,13-14,16-18,21-24H2,1-12H3/t28-,29?,31?,33?,34?,35+,36?,37+,38-,39-,40-/m1/s1. The zero-order valence-corrected chi connectivity index (χ0v) is 31.2. The second-order valence-corrected chi connectivity index (χ2v) is 19.3. The SMILES string of the molecule is CC1=C2CC1C[C@@](C)(C1CCC3C(=CC[C@]45C=CO[C@]([C@H](C)C(C)C)(CCC34C)C5)[C@@]1(C)S)C2OC[C@@](C)(C(C)C)N(C)C. The maximum absolute atomic E-state index is 7.22. The Hall–Kier alpha value is -0.710. The number of likely N-dealkylation sites (N-methyl/N-ethyl adjacent to an activating group) is 1. The van der Waals surface area contributed by atoms with Crippen LogP contribution in [0.1, 0.15) is 121 Å². The normalized spacial score (nSPS) is 46.6. The van der Waals surface area contributed by atoms with E-state index in [0.29, 0.717) is 29.6 Å². The number of rotatable bonds is 8. The van der Waals surface area contributed by atoms with E-state index < -0.39 is 0 Å². The van der Waals surface area contributed by atoms with Gasteiger partial charge in [-0.1, -0.05) is 65.7 Å². The van der Waals surface area contributed by atoms with Crippen LogP contribution in [0.5, 0.6) is 0 Å². The highest BCUT2D eigenvalue weighted by atomic mass is 32.1. The molecular formula is C40H65NO2S. The van der Waals surface area contributed by atoms with Gasteiger partial charge in [0.2, 0.25) is 0 Å². The van der Waals surface area contributed by atoms with Gasteiger partial charge < -0.3 is 14.4 Å². The van der Waals surface area contributed by atoms with Crippen LogP contribution in [-0.4, -0.2) is 47.6 Å². The van der Waals surface area contributed by atoms with Crippen molar-refractivity contribution in [1.29, 1.82) is 0 Å². The summed E-state index contributed by atoms with van der Waals surface area (Å²) in [5, 5.41) is 0. The molecule has 3 saturated carbocycles. The van der Waals surface area contributed by atoms with Crippen LogP contribution in [0.4, 0.5) is 0 Å². The summed E-state index contributed by atoms with van der Waals surface area (Å²) in [7, 11) is 4.43. The summed E-state index contributed by atoms with van der Waals surface area (Å²) in [6.45, 7) is 25.2. The molecule has 0 aromatic heterocycles. The van der Waals surface area contributed by atoms with Crippen molar-refractivity contribution in [2.75, 3.05) is 20.7 Å². The van der Waals surface area contributed by atoms with Crippen molar-refractivity contribution in [1.82, 2.24) is 4.90 Å². The van der Waals surface area contributed by atoms with Gasteiger partial charge in [-0.15, -0.1) is 0 Å². The minimum Gasteiger partial charge on any atom is -0.495 e. The van der Waals surface area contributed by atoms with Crippen molar-refractivity contribution in [2.45, 2.75) is 143 Å². The topological polar surface area (TPSA) is 21.7 Å². The van der Waals surface area contributed by atoms with Crippen LogP contribution in [0.3, 0.4) is 0 Å². The molecule has 4 heteroatoms. The van der Waals surface area contributed by atoms with Crippen LogP contribution >= 0.6 is 12.6 Å². The summed E-state index contributed by atoms with van der Waals surface area (Å²) in [5.74, 6) is 3.51. The third-order valence-corrected chi connectivity index (χ3v) is 16.5. The monoisotopic (exact) mass is 623 g/mol. The first kappa shape index (κ1) is 33.2. The predicted octanol–water partition coefficient (Wildman–Crippen LogP) is 9.89. The Morgan fingerprint density at radius 2 is 1.80 bits per heavy atom. The number of allylic oxidation sites excluding steroid dienone is 3. The van der Waals surface area contributed by atoms with Crippen molar-refractivity contribution in [3.8, 4) is 0 Å². The Morgan fingerprint density at radius 1 is 1.09 bits per heavy atom. The molecule has 0 amide bonds. The molecule has 1 heterocycles. The largest absolute Gasteiger partial charge is 0.495 e. The summed E-state index contributed by atoms with van der Waals surface area (Å²) < 4.78 is 13.7. The van der Waals surface area contributed by atoms with Gasteiger partial charge in [0.05, 0.1) is 19.0 Å². The number of ether oxygens (including phenoxy) is 2. The number of hydrogen-bond donors (Lipinski definition) is 1. The van der Waals surface area contributed by atoms with E-state index in [1.807, 2.05) is 0 Å². The molecule has 248 valence electrons. The summed E-state index contributed by atoms with van der Waals surface area (Å²) in [6.07, 6.45) is 17.2. The van der Waals surface area contributed by atoms with Gasteiger partial charge in [-0.2, -0.15) is 12.6 Å². The van der Waals surface area contributed by atoms with Crippen LogP contribution in [0.25, 0.3) is 0 Å². The van der Waals surface area contributed by atoms with Gasteiger partial charge in [-0.05, 0) is 139 Å². The molecular weight excluding hydrogens is 559 g/mol. The minimum atomic E-state index is -0.139. The molecule has 0 saturated heterocycles. The maximum Gasteiger partial charge on any atom is 0.112 e. The molecule has 6 aliphatic carbocycles. The first-order chi connectivity index (χ1) is 20.4. The molecule has 0 radical (unpaired) electrons. The lowest BCUT2D eigenvalue weighted by atomic mass is 9.40. The molecule has 3 nitrogen and oxygen atoms in total. The second-order valence-electron chi connectivity index (χ2n) is 18.4. The summed E-state index contributed by atoms with van der Waals surface area (Å²) in [6, 6.07) is 0. The Kier molecular flexibility index (Phi) is 8.03. The molecule has 44 heavy (non-hydrogen) atoms. The molecule has 7 aliphatic rings. The Labute approximate surface area is 276 Å². The van der Waals surface area contributed by atoms with Crippen molar-refractivity contribution in [2.24, 2.45) is 51.8 Å². The van der Waals surface area contributed by atoms with Gasteiger partial charge in [-0.3, -0.25) is 0 Å². The van der Waals surface area contributed by atoms with Crippen LogP contribution < -0.4 is 0 Å². The number of thiol groups is 1. The first-order valence-electron chi connectivity index (χ1n) is 18.2. The van der Waals surface area contributed by atoms with Gasteiger partial charge in [0.25, 0.3) is 0 Å². The molecule has 3 fully saturated rings. The van der Waals surface area contributed by atoms with Crippen LogP contribution in [0.2, 0.25) is 0 Å². The van der Waals surface area contributed by atoms with Crippen LogP contribution in [0.15, 0.2) is 35.1 Å². The van der Waals surface area contributed by atoms with Crippen molar-refractivity contribution >= 4 is 12.6 Å². The van der Waals surface area contributed by atoms with E-state index in [4.69, 9.17) is 22.1 Å². The molecule has 5 unspecified atom stereocenters. The molecule has 7 rings (SSSR count). The Bertz CT molecular complexity index is 1240. The molecule has 0 N–H and O–H groups in total. The van der Waals surface area contributed by atoms with Crippen LogP contribution in [0, 0.1) is 51.8 Å². The highest BCUT2D eigenvalue weighted by Gasteiger charge is 2.67. The third kappa shape index (κ3) is 4.41. The maximum atomic E-state index is 7.22. The number of nitrogens with zero attached hydrogens (tertiary/aromatic N) is 1. The van der Waals surface area contributed by atoms with Crippen molar-refractivity contribution < 1.29 is 9.47 Å². The van der Waals surface area contributed by atoms with E-state index in [9.17, 15) is 0 Å². The summed E-state index contributed by atoms with van der Waals surface area (Å²) >= 11 is 5.76. The van der Waals surface area contributed by atoms with Gasteiger partial charge >= 0.3 is 0 Å². The predicted molar refractivity (Wildman–Crippen MR) is 188 cm³/mol. The molecule has 0 aromatic carbocycles. The molecule has 1 spiro atoms. The number of fused-ring (bicyclic) bond motifs is 5. The highest BCUT2D eigenvalue weighted by molar-refractivity contribution is 7.82. The lowest BCUT2D eigenvalue weighted by Gasteiger charge is -2.68. The molecule has 4 bridgehead atoms. The molecule has 1 aliphatic heterocycles. The Balaban J connectivity index is 1.32. The van der Waals surface area contributed by atoms with E-state index in [1.165, 1.54) is 44.9 Å². The van der Waals surface area contributed by atoms with Crippen LogP contribution in [-0.2, 0) is 9.47 Å². The zero-order chi connectivity index (χ0) is 32.3. The minimum absolute atomic E-state index is 0.00715. The number of hydrogen-bond acceptors (Lipinski definition) is 4. The van der Waals surface area contributed by atoms with E-state index in [2.05, 4.69) is 107 Å². The van der Waals surface area contributed by atoms with Gasteiger partial charge in [-0.25, -0.2) is 0 Å². The third-order valence-electron chi connectivity index (χ3n) is 16.0. The molecule has 0 aromatic rings. The average Bonchev–Trinajstić information content (AvgIpc) is 2.95. The van der Waals surface area contributed by atoms with Crippen molar-refractivity contribution in [3.05, 3.63) is 35.1 Å². The summed E-state index contributed by atoms with van der Waals surface area (Å²) in [4.78, 5) is 2.38. The van der Waals surface area contributed by atoms with Gasteiger partial charge in [0, 0.05) is 21.1 Å². The van der Waals surface area contributed by atoms with E-state index >= 15 is 0 Å². The highest BCUT2D eigenvalue weighted by Crippen LogP contribution is 2.72. The lowest BCUT2D eigenvalue weighted by Crippen LogP contribution is -2.64. The molecule has 11 atom stereocenters. The fraction of sp³-hybridized carbons (Fsp3) is 0.850. The zero-order valence-electron chi connectivity index (χ0n) is 30.3. The fourth-order valence-electron chi connectivity index (χ4n) is 11.8. The second kappa shape index (κ2) is 10.6. The first-order valence-corrected chi connectivity index (χ1v) is 18.6.